The minimum Gasteiger partial charge on any atom is -0.454 e. The number of hydrogen-bond acceptors (Lipinski definition) is 13. The molecular weight excluding hydrogens is 692 g/mol. The molecule has 18 nitrogen and oxygen atoms in total. The fourth-order valence-corrected chi connectivity index (χ4v) is 6.25. The zero-order valence-corrected chi connectivity index (χ0v) is 29.7. The number of fused-ring (bicyclic) bond motifs is 3. The minimum absolute atomic E-state index is 0.0357. The number of carbonyl (C=O) groups is 6. The molecule has 0 aromatic heterocycles. The molecule has 5 amide bonds. The molecule has 9 atom stereocenters. The summed E-state index contributed by atoms with van der Waals surface area (Å²) in [6.07, 6.45) is 5.40. The van der Waals surface area contributed by atoms with Crippen molar-refractivity contribution in [2.45, 2.75) is 100 Å². The first-order valence-electron chi connectivity index (χ1n) is 17.1. The van der Waals surface area contributed by atoms with Crippen molar-refractivity contribution < 1.29 is 48.8 Å². The number of cyclic esters (lactones) is 1. The van der Waals surface area contributed by atoms with Crippen molar-refractivity contribution in [1.82, 2.24) is 41.9 Å². The molecule has 19 heteroatoms. The summed E-state index contributed by atoms with van der Waals surface area (Å²) >= 11 is 6.47. The van der Waals surface area contributed by atoms with Gasteiger partial charge in [-0.15, -0.1) is 11.6 Å². The number of rotatable bonds is 6. The van der Waals surface area contributed by atoms with Gasteiger partial charge >= 0.3 is 5.97 Å². The Morgan fingerprint density at radius 1 is 0.882 bits per heavy atom. The van der Waals surface area contributed by atoms with Crippen LogP contribution in [0.5, 0.6) is 0 Å². The third-order valence-electron chi connectivity index (χ3n) is 9.33. The SMILES string of the molecule is CCC(C)/C=C/C=C/C[C@@H]1NC(=O)[C@H]2C[C@H](O)CNN2C(=O)COC(=O)[C@](C)(CO)NC(=O)C2C[C@@H](O)CNN2C(=O)[C@H]2C[C@H](Cl)CNN2C1=O. The third kappa shape index (κ3) is 9.82. The summed E-state index contributed by atoms with van der Waals surface area (Å²) < 4.78 is 5.18. The molecule has 4 rings (SSSR count). The second-order valence-electron chi connectivity index (χ2n) is 13.5. The van der Waals surface area contributed by atoms with Crippen LogP contribution in [0.1, 0.15) is 52.9 Å². The Hall–Kier alpha value is -3.65. The number of ether oxygens (including phenoxy) is 1. The molecule has 4 aliphatic heterocycles. The molecule has 284 valence electrons. The summed E-state index contributed by atoms with van der Waals surface area (Å²) in [5.74, 6) is -5.00. The van der Waals surface area contributed by atoms with E-state index < -0.39 is 96.0 Å². The van der Waals surface area contributed by atoms with Crippen LogP contribution < -0.4 is 26.9 Å². The largest absolute Gasteiger partial charge is 0.454 e. The number of esters is 1. The van der Waals surface area contributed by atoms with E-state index in [0.29, 0.717) is 5.92 Å². The Kier molecular flexibility index (Phi) is 13.9. The number of carbonyl (C=O) groups excluding carboxylic acids is 6. The van der Waals surface area contributed by atoms with Gasteiger partial charge < -0.3 is 30.7 Å². The number of alkyl halides is 1. The number of nitrogens with zero attached hydrogens (tertiary/aromatic N) is 3. The normalized spacial score (nSPS) is 34.3. The minimum atomic E-state index is -2.09. The zero-order valence-electron chi connectivity index (χ0n) is 28.9. The summed E-state index contributed by atoms with van der Waals surface area (Å²) in [5.41, 5.74) is 6.17. The quantitative estimate of drug-likeness (QED) is 0.0775. The van der Waals surface area contributed by atoms with E-state index >= 15 is 0 Å². The topological polar surface area (TPSA) is 242 Å². The van der Waals surface area contributed by atoms with Gasteiger partial charge in [-0.05, 0) is 25.7 Å². The number of aliphatic hydroxyl groups is 3. The number of hydrazine groups is 3. The van der Waals surface area contributed by atoms with Crippen molar-refractivity contribution in [2.24, 2.45) is 5.92 Å². The van der Waals surface area contributed by atoms with Crippen LogP contribution >= 0.6 is 11.6 Å². The zero-order chi connectivity index (χ0) is 37.5. The molecule has 0 aliphatic carbocycles. The van der Waals surface area contributed by atoms with Crippen LogP contribution in [0.25, 0.3) is 0 Å². The van der Waals surface area contributed by atoms with Crippen LogP contribution in [0, 0.1) is 5.92 Å². The first kappa shape index (κ1) is 40.1. The molecule has 51 heavy (non-hydrogen) atoms. The average molecular weight is 741 g/mol. The van der Waals surface area contributed by atoms with Gasteiger partial charge in [0.05, 0.1) is 24.2 Å². The first-order valence-corrected chi connectivity index (χ1v) is 17.5. The molecule has 0 bridgehead atoms. The molecule has 4 saturated heterocycles. The smallest absolute Gasteiger partial charge is 0.334 e. The standard InChI is InChI=1S/C32H49ClN8O10/c1-4-18(2)8-6-5-7-9-22-29(48)41-25(10-19(33)13-34-41)30(49)40-24(12-21(44)15-36-40)28(47)38-32(3,17-42)31(50)51-16-26(45)39-23(27(46)37-22)11-20(43)14-35-39/h5-8,18-25,34-36,42-44H,4,9-17H2,1-3H3,(H,37,46)(H,38,47)/b7-5+,8-6+/t18?,19-,20-,21+,22-,23+,24?,25+,32-/m0/s1. The summed E-state index contributed by atoms with van der Waals surface area (Å²) in [6, 6.07) is -5.36. The molecule has 0 spiro atoms. The molecule has 0 radical (unpaired) electrons. The number of allylic oxidation sites excluding steroid dienone is 3. The van der Waals surface area contributed by atoms with Gasteiger partial charge in [-0.25, -0.2) is 21.1 Å². The molecule has 0 saturated carbocycles. The van der Waals surface area contributed by atoms with Crippen LogP contribution in [0.2, 0.25) is 0 Å². The second kappa shape index (κ2) is 17.7. The number of aliphatic hydroxyl groups excluding tert-OH is 3. The van der Waals surface area contributed by atoms with E-state index in [9.17, 15) is 44.1 Å². The highest BCUT2D eigenvalue weighted by atomic mass is 35.5. The molecule has 2 unspecified atom stereocenters. The maximum Gasteiger partial charge on any atom is 0.334 e. The Labute approximate surface area is 300 Å². The summed E-state index contributed by atoms with van der Waals surface area (Å²) in [6.45, 7) is 3.20. The Balaban J connectivity index is 1.76. The maximum atomic E-state index is 14.3. The lowest BCUT2D eigenvalue weighted by molar-refractivity contribution is -0.167. The lowest BCUT2D eigenvalue weighted by Gasteiger charge is -2.44. The number of halogens is 1. The van der Waals surface area contributed by atoms with Crippen molar-refractivity contribution in [3.05, 3.63) is 24.3 Å². The van der Waals surface area contributed by atoms with Gasteiger partial charge in [0.2, 0.25) is 11.8 Å². The lowest BCUT2D eigenvalue weighted by atomic mass is 9.98. The van der Waals surface area contributed by atoms with Crippen molar-refractivity contribution in [3.8, 4) is 0 Å². The molecule has 0 aromatic carbocycles. The third-order valence-corrected chi connectivity index (χ3v) is 9.66. The second-order valence-corrected chi connectivity index (χ2v) is 14.1. The number of nitrogens with one attached hydrogen (secondary N) is 5. The predicted octanol–water partition coefficient (Wildman–Crippen LogP) is -2.91. The van der Waals surface area contributed by atoms with Crippen LogP contribution in [0.3, 0.4) is 0 Å². The van der Waals surface area contributed by atoms with Gasteiger partial charge in [0.25, 0.3) is 17.7 Å². The molecule has 4 heterocycles. The van der Waals surface area contributed by atoms with Crippen molar-refractivity contribution in [2.75, 3.05) is 32.8 Å². The van der Waals surface area contributed by atoms with E-state index in [2.05, 4.69) is 26.9 Å². The van der Waals surface area contributed by atoms with Crippen LogP contribution in [0.4, 0.5) is 0 Å². The van der Waals surface area contributed by atoms with Crippen LogP contribution in [0.15, 0.2) is 24.3 Å². The van der Waals surface area contributed by atoms with E-state index in [0.717, 1.165) is 28.4 Å². The summed E-state index contributed by atoms with van der Waals surface area (Å²) in [7, 11) is 0. The first-order chi connectivity index (χ1) is 24.2. The highest BCUT2D eigenvalue weighted by Crippen LogP contribution is 2.23. The average Bonchev–Trinajstić information content (AvgIpc) is 3.11. The fourth-order valence-electron chi connectivity index (χ4n) is 6.01. The summed E-state index contributed by atoms with van der Waals surface area (Å²) in [5, 5.41) is 38.3. The van der Waals surface area contributed by atoms with Gasteiger partial charge in [-0.1, -0.05) is 44.6 Å². The maximum absolute atomic E-state index is 14.3. The van der Waals surface area contributed by atoms with Crippen LogP contribution in [-0.2, 0) is 33.5 Å². The summed E-state index contributed by atoms with van der Waals surface area (Å²) in [4.78, 5) is 82.6. The van der Waals surface area contributed by atoms with E-state index in [-0.39, 0.29) is 45.3 Å². The van der Waals surface area contributed by atoms with Gasteiger partial charge in [0.15, 0.2) is 12.1 Å². The lowest BCUT2D eigenvalue weighted by Crippen LogP contribution is -2.71. The number of hydrogen-bond donors (Lipinski definition) is 8. The number of β-amino-alcohol motifs (C(OH)–C–C–N with tert-alkyl or cyclic N) is 2. The molecule has 4 aliphatic rings. The fraction of sp³-hybridized carbons (Fsp3) is 0.688. The van der Waals surface area contributed by atoms with Gasteiger partial charge in [0.1, 0.15) is 24.2 Å². The number of amides is 5. The van der Waals surface area contributed by atoms with Crippen LogP contribution in [-0.4, -0.2) is 146 Å². The predicted molar refractivity (Wildman–Crippen MR) is 180 cm³/mol. The van der Waals surface area contributed by atoms with Gasteiger partial charge in [-0.2, -0.15) is 0 Å². The van der Waals surface area contributed by atoms with Crippen molar-refractivity contribution >= 4 is 47.1 Å². The Morgan fingerprint density at radius 2 is 1.49 bits per heavy atom. The van der Waals surface area contributed by atoms with E-state index in [1.807, 2.05) is 26.0 Å². The molecule has 8 N–H and O–H groups in total. The van der Waals surface area contributed by atoms with Gasteiger partial charge in [-0.3, -0.25) is 39.0 Å². The molecule has 4 fully saturated rings. The molecular formula is C32H49ClN8O10. The molecule has 0 aromatic rings. The highest BCUT2D eigenvalue weighted by molar-refractivity contribution is 6.21. The highest BCUT2D eigenvalue weighted by Gasteiger charge is 2.48. The Bertz CT molecular complexity index is 1390. The van der Waals surface area contributed by atoms with E-state index in [1.54, 1.807) is 12.2 Å². The monoisotopic (exact) mass is 740 g/mol. The Morgan fingerprint density at radius 3 is 2.14 bits per heavy atom. The van der Waals surface area contributed by atoms with Crippen molar-refractivity contribution in [3.63, 3.8) is 0 Å². The van der Waals surface area contributed by atoms with E-state index in [1.165, 1.54) is 0 Å². The van der Waals surface area contributed by atoms with Crippen molar-refractivity contribution in [1.29, 1.82) is 0 Å². The van der Waals surface area contributed by atoms with E-state index in [4.69, 9.17) is 16.3 Å². The van der Waals surface area contributed by atoms with Gasteiger partial charge in [0, 0.05) is 32.5 Å².